The standard InChI is InChI=1S/C14H14N2S4/c1-7-3-5-17-9(7)11-15-13-14(19-11)16-12(20-13)10-8(2)4-6-18-10/h3-6,11-12,15-16H,1-2H3. The number of thiophene rings is 2. The smallest absolute Gasteiger partial charge is 0.114 e. The Morgan fingerprint density at radius 1 is 0.800 bits per heavy atom. The molecule has 6 heteroatoms. The molecule has 0 bridgehead atoms. The van der Waals surface area contributed by atoms with E-state index in [1.54, 1.807) is 0 Å². The van der Waals surface area contributed by atoms with Crippen LogP contribution in [0.3, 0.4) is 0 Å². The molecule has 2 aliphatic rings. The third kappa shape index (κ3) is 2.09. The molecule has 2 unspecified atom stereocenters. The molecule has 0 saturated carbocycles. The van der Waals surface area contributed by atoms with Crippen molar-refractivity contribution in [1.29, 1.82) is 0 Å². The molecule has 0 amide bonds. The van der Waals surface area contributed by atoms with Gasteiger partial charge in [-0.15, -0.1) is 22.7 Å². The molecule has 0 fully saturated rings. The third-order valence-electron chi connectivity index (χ3n) is 3.48. The number of hydrogen-bond donors (Lipinski definition) is 2. The summed E-state index contributed by atoms with van der Waals surface area (Å²) in [5.74, 6) is 0. The summed E-state index contributed by atoms with van der Waals surface area (Å²) in [7, 11) is 0. The molecule has 2 N–H and O–H groups in total. The van der Waals surface area contributed by atoms with Gasteiger partial charge in [0.15, 0.2) is 0 Å². The minimum absolute atomic E-state index is 0.380. The summed E-state index contributed by atoms with van der Waals surface area (Å²) >= 11 is 7.51. The number of nitrogens with one attached hydrogen (secondary N) is 2. The molecule has 2 aromatic heterocycles. The zero-order valence-electron chi connectivity index (χ0n) is 11.1. The first-order valence-electron chi connectivity index (χ1n) is 6.41. The molecule has 0 aliphatic carbocycles. The van der Waals surface area contributed by atoms with Gasteiger partial charge in [0.1, 0.15) is 20.8 Å². The fraction of sp³-hybridized carbons (Fsp3) is 0.286. The molecule has 0 aromatic carbocycles. The van der Waals surface area contributed by atoms with Crippen molar-refractivity contribution in [2.45, 2.75) is 24.6 Å². The van der Waals surface area contributed by atoms with Crippen LogP contribution < -0.4 is 10.6 Å². The van der Waals surface area contributed by atoms with E-state index >= 15 is 0 Å². The van der Waals surface area contributed by atoms with E-state index < -0.39 is 0 Å². The normalized spacial score (nSPS) is 24.7. The minimum atomic E-state index is 0.380. The van der Waals surface area contributed by atoms with Crippen LogP contribution in [0.1, 0.15) is 31.6 Å². The predicted molar refractivity (Wildman–Crippen MR) is 92.1 cm³/mol. The Kier molecular flexibility index (Phi) is 3.29. The predicted octanol–water partition coefficient (Wildman–Crippen LogP) is 4.92. The van der Waals surface area contributed by atoms with Crippen LogP contribution in [0, 0.1) is 13.8 Å². The van der Waals surface area contributed by atoms with Crippen LogP contribution >= 0.6 is 46.2 Å². The van der Waals surface area contributed by atoms with Gasteiger partial charge in [0.25, 0.3) is 0 Å². The first-order valence-corrected chi connectivity index (χ1v) is 9.93. The average Bonchev–Trinajstić information content (AvgIpc) is 3.10. The summed E-state index contributed by atoms with van der Waals surface area (Å²) in [6, 6.07) is 4.40. The number of rotatable bonds is 2. The highest BCUT2D eigenvalue weighted by Crippen LogP contribution is 2.53. The van der Waals surface area contributed by atoms with E-state index in [9.17, 15) is 0 Å². The molecule has 2 atom stereocenters. The molecule has 4 heterocycles. The molecular formula is C14H14N2S4. The SMILES string of the molecule is Cc1ccsc1C1NC2=C(NC(c3sccc3C)S2)S1. The second-order valence-electron chi connectivity index (χ2n) is 4.88. The molecule has 2 nitrogen and oxygen atoms in total. The zero-order valence-corrected chi connectivity index (χ0v) is 14.4. The molecule has 0 spiro atoms. The highest BCUT2D eigenvalue weighted by Gasteiger charge is 2.36. The molecule has 0 saturated heterocycles. The van der Waals surface area contributed by atoms with Crippen molar-refractivity contribution in [3.8, 4) is 0 Å². The molecular weight excluding hydrogens is 324 g/mol. The topological polar surface area (TPSA) is 24.1 Å². The lowest BCUT2D eigenvalue weighted by Crippen LogP contribution is -2.14. The highest BCUT2D eigenvalue weighted by atomic mass is 32.2. The van der Waals surface area contributed by atoms with Crippen molar-refractivity contribution in [3.63, 3.8) is 0 Å². The van der Waals surface area contributed by atoms with E-state index in [1.165, 1.54) is 30.9 Å². The van der Waals surface area contributed by atoms with Crippen LogP contribution in [0.2, 0.25) is 0 Å². The van der Waals surface area contributed by atoms with Gasteiger partial charge in [0, 0.05) is 9.75 Å². The van der Waals surface area contributed by atoms with Crippen molar-refractivity contribution in [2.75, 3.05) is 0 Å². The summed E-state index contributed by atoms with van der Waals surface area (Å²) in [5, 5.41) is 15.1. The van der Waals surface area contributed by atoms with Gasteiger partial charge in [0.2, 0.25) is 0 Å². The van der Waals surface area contributed by atoms with Gasteiger partial charge < -0.3 is 10.6 Å². The van der Waals surface area contributed by atoms with Crippen LogP contribution in [-0.2, 0) is 0 Å². The van der Waals surface area contributed by atoms with Crippen LogP contribution in [0.25, 0.3) is 0 Å². The highest BCUT2D eigenvalue weighted by molar-refractivity contribution is 8.08. The molecule has 2 aliphatic heterocycles. The second-order valence-corrected chi connectivity index (χ2v) is 9.00. The maximum Gasteiger partial charge on any atom is 0.114 e. The van der Waals surface area contributed by atoms with Crippen LogP contribution in [-0.4, -0.2) is 0 Å². The quantitative estimate of drug-likeness (QED) is 0.811. The van der Waals surface area contributed by atoms with E-state index in [2.05, 4.69) is 47.4 Å². The van der Waals surface area contributed by atoms with E-state index in [4.69, 9.17) is 0 Å². The Morgan fingerprint density at radius 3 is 1.60 bits per heavy atom. The van der Waals surface area contributed by atoms with Gasteiger partial charge in [-0.3, -0.25) is 0 Å². The number of aryl methyl sites for hydroxylation is 2. The second kappa shape index (κ2) is 5.02. The average molecular weight is 339 g/mol. The summed E-state index contributed by atoms with van der Waals surface area (Å²) in [4.78, 5) is 2.88. The van der Waals surface area contributed by atoms with Crippen molar-refractivity contribution in [2.24, 2.45) is 0 Å². The summed E-state index contributed by atoms with van der Waals surface area (Å²) in [6.45, 7) is 4.38. The van der Waals surface area contributed by atoms with Gasteiger partial charge in [-0.1, -0.05) is 23.5 Å². The Balaban J connectivity index is 1.49. The van der Waals surface area contributed by atoms with Crippen molar-refractivity contribution in [3.05, 3.63) is 53.8 Å². The maximum absolute atomic E-state index is 3.67. The van der Waals surface area contributed by atoms with Crippen molar-refractivity contribution < 1.29 is 0 Å². The van der Waals surface area contributed by atoms with Gasteiger partial charge >= 0.3 is 0 Å². The van der Waals surface area contributed by atoms with Crippen LogP contribution in [0.5, 0.6) is 0 Å². The summed E-state index contributed by atoms with van der Waals surface area (Å²) in [5.41, 5.74) is 2.77. The first-order chi connectivity index (χ1) is 9.72. The Labute approximate surface area is 135 Å². The fourth-order valence-corrected chi connectivity index (χ4v) is 7.27. The lowest BCUT2D eigenvalue weighted by atomic mass is 10.3. The van der Waals surface area contributed by atoms with E-state index in [1.807, 2.05) is 46.2 Å². The van der Waals surface area contributed by atoms with E-state index in [-0.39, 0.29) is 0 Å². The first kappa shape index (κ1) is 13.1. The molecule has 0 radical (unpaired) electrons. The molecule has 20 heavy (non-hydrogen) atoms. The van der Waals surface area contributed by atoms with Crippen molar-refractivity contribution >= 4 is 46.2 Å². The van der Waals surface area contributed by atoms with Gasteiger partial charge in [-0.2, -0.15) is 0 Å². The molecule has 4 rings (SSSR count). The van der Waals surface area contributed by atoms with Gasteiger partial charge in [-0.25, -0.2) is 0 Å². The molecule has 2 aromatic rings. The lowest BCUT2D eigenvalue weighted by Gasteiger charge is -2.17. The van der Waals surface area contributed by atoms with Crippen molar-refractivity contribution in [1.82, 2.24) is 10.6 Å². The third-order valence-corrected chi connectivity index (χ3v) is 8.37. The maximum atomic E-state index is 3.67. The van der Waals surface area contributed by atoms with E-state index in [0.717, 1.165) is 0 Å². The zero-order chi connectivity index (χ0) is 13.7. The molecule has 104 valence electrons. The monoisotopic (exact) mass is 338 g/mol. The lowest BCUT2D eigenvalue weighted by molar-refractivity contribution is 0.856. The largest absolute Gasteiger partial charge is 0.361 e. The van der Waals surface area contributed by atoms with Gasteiger partial charge in [-0.05, 0) is 47.9 Å². The Morgan fingerprint density at radius 2 is 1.25 bits per heavy atom. The number of hydrogen-bond acceptors (Lipinski definition) is 6. The fourth-order valence-electron chi connectivity index (χ4n) is 2.38. The summed E-state index contributed by atoms with van der Waals surface area (Å²) < 4.78 is 0. The van der Waals surface area contributed by atoms with Crippen LogP contribution in [0.4, 0.5) is 0 Å². The summed E-state index contributed by atoms with van der Waals surface area (Å²) in [6.07, 6.45) is 0. The van der Waals surface area contributed by atoms with Gasteiger partial charge in [0.05, 0.1) is 0 Å². The Bertz CT molecular complexity index is 611. The minimum Gasteiger partial charge on any atom is -0.361 e. The van der Waals surface area contributed by atoms with Crippen LogP contribution in [0.15, 0.2) is 33.0 Å². The number of thioether (sulfide) groups is 2. The Hall–Kier alpha value is -0.560. The van der Waals surface area contributed by atoms with E-state index in [0.29, 0.717) is 10.7 Å².